The molecule has 0 saturated heterocycles. The number of hydrogen-bond acceptors (Lipinski definition) is 4. The lowest BCUT2D eigenvalue weighted by Crippen LogP contribution is -2.11. The van der Waals surface area contributed by atoms with Gasteiger partial charge in [0.1, 0.15) is 6.61 Å². The summed E-state index contributed by atoms with van der Waals surface area (Å²) in [5.74, 6) is 1.38. The number of thiophene rings is 1. The van der Waals surface area contributed by atoms with Gasteiger partial charge in [0.15, 0.2) is 11.5 Å². The van der Waals surface area contributed by atoms with Crippen molar-refractivity contribution in [1.82, 2.24) is 5.32 Å². The standard InChI is InChI=1S/C20H19Cl2NO2S.ClH/c1-24-20-9-14(11-23-12-17-3-2-8-26-17)4-7-19(20)25-13-15-5-6-16(21)10-18(15)22;/h2-10,23H,11-13H2,1H3;1H. The summed E-state index contributed by atoms with van der Waals surface area (Å²) in [5, 5.41) is 6.71. The van der Waals surface area contributed by atoms with Crippen molar-refractivity contribution in [3.05, 3.63) is 80.0 Å². The fourth-order valence-electron chi connectivity index (χ4n) is 2.48. The van der Waals surface area contributed by atoms with Crippen LogP contribution in [0.5, 0.6) is 11.5 Å². The van der Waals surface area contributed by atoms with E-state index in [2.05, 4.69) is 22.8 Å². The van der Waals surface area contributed by atoms with Crippen LogP contribution >= 0.6 is 46.9 Å². The molecule has 27 heavy (non-hydrogen) atoms. The third kappa shape index (κ3) is 6.30. The van der Waals surface area contributed by atoms with Crippen LogP contribution in [-0.4, -0.2) is 7.11 Å². The Kier molecular flexibility index (Phi) is 8.74. The van der Waals surface area contributed by atoms with Crippen molar-refractivity contribution in [2.75, 3.05) is 7.11 Å². The summed E-state index contributed by atoms with van der Waals surface area (Å²) in [6, 6.07) is 15.5. The Labute approximate surface area is 179 Å². The fourth-order valence-corrected chi connectivity index (χ4v) is 3.62. The molecule has 144 valence electrons. The highest BCUT2D eigenvalue weighted by molar-refractivity contribution is 7.09. The second-order valence-corrected chi connectivity index (χ2v) is 7.57. The normalized spacial score (nSPS) is 10.3. The van der Waals surface area contributed by atoms with E-state index in [0.717, 1.165) is 24.2 Å². The molecular weight excluding hydrogens is 425 g/mol. The Morgan fingerprint density at radius 2 is 1.85 bits per heavy atom. The molecule has 0 fully saturated rings. The largest absolute Gasteiger partial charge is 0.493 e. The van der Waals surface area contributed by atoms with Crippen molar-refractivity contribution in [2.45, 2.75) is 19.7 Å². The van der Waals surface area contributed by atoms with Gasteiger partial charge in [-0.2, -0.15) is 0 Å². The maximum absolute atomic E-state index is 6.19. The van der Waals surface area contributed by atoms with E-state index in [1.807, 2.05) is 24.3 Å². The zero-order valence-electron chi connectivity index (χ0n) is 14.7. The summed E-state index contributed by atoms with van der Waals surface area (Å²) in [5.41, 5.74) is 2.01. The first kappa shape index (κ1) is 21.9. The van der Waals surface area contributed by atoms with Gasteiger partial charge in [-0.25, -0.2) is 0 Å². The van der Waals surface area contributed by atoms with Crippen LogP contribution in [0.25, 0.3) is 0 Å². The lowest BCUT2D eigenvalue weighted by molar-refractivity contribution is 0.284. The SMILES string of the molecule is COc1cc(CNCc2cccs2)ccc1OCc1ccc(Cl)cc1Cl.Cl. The van der Waals surface area contributed by atoms with E-state index < -0.39 is 0 Å². The van der Waals surface area contributed by atoms with Gasteiger partial charge in [0.2, 0.25) is 0 Å². The van der Waals surface area contributed by atoms with Crippen LogP contribution < -0.4 is 14.8 Å². The van der Waals surface area contributed by atoms with Crippen molar-refractivity contribution in [3.63, 3.8) is 0 Å². The van der Waals surface area contributed by atoms with Crippen molar-refractivity contribution >= 4 is 46.9 Å². The summed E-state index contributed by atoms with van der Waals surface area (Å²) in [4.78, 5) is 1.32. The van der Waals surface area contributed by atoms with Crippen LogP contribution in [-0.2, 0) is 19.7 Å². The lowest BCUT2D eigenvalue weighted by Gasteiger charge is -2.13. The number of nitrogens with one attached hydrogen (secondary N) is 1. The Balaban J connectivity index is 0.00000261. The van der Waals surface area contributed by atoms with E-state index in [-0.39, 0.29) is 12.4 Å². The van der Waals surface area contributed by atoms with Crippen molar-refractivity contribution in [3.8, 4) is 11.5 Å². The summed E-state index contributed by atoms with van der Waals surface area (Å²) in [6.07, 6.45) is 0. The maximum atomic E-state index is 6.19. The van der Waals surface area contributed by atoms with Crippen LogP contribution in [0.1, 0.15) is 16.0 Å². The third-order valence-corrected chi connectivity index (χ3v) is 5.30. The van der Waals surface area contributed by atoms with E-state index >= 15 is 0 Å². The number of rotatable bonds is 8. The molecule has 1 aromatic heterocycles. The molecule has 0 spiro atoms. The fraction of sp³-hybridized carbons (Fsp3) is 0.200. The van der Waals surface area contributed by atoms with Gasteiger partial charge in [-0.1, -0.05) is 41.4 Å². The van der Waals surface area contributed by atoms with Gasteiger partial charge in [0.05, 0.1) is 7.11 Å². The molecule has 0 radical (unpaired) electrons. The smallest absolute Gasteiger partial charge is 0.161 e. The molecule has 1 N–H and O–H groups in total. The molecule has 0 saturated carbocycles. The van der Waals surface area contributed by atoms with E-state index in [4.69, 9.17) is 32.7 Å². The molecule has 0 bridgehead atoms. The Bertz CT molecular complexity index is 856. The van der Waals surface area contributed by atoms with Gasteiger partial charge in [-0.05, 0) is 41.3 Å². The Morgan fingerprint density at radius 1 is 1.00 bits per heavy atom. The van der Waals surface area contributed by atoms with Crippen molar-refractivity contribution in [1.29, 1.82) is 0 Å². The molecule has 3 nitrogen and oxygen atoms in total. The summed E-state index contributed by atoms with van der Waals surface area (Å²) in [7, 11) is 1.64. The lowest BCUT2D eigenvalue weighted by atomic mass is 10.2. The predicted octanol–water partition coefficient (Wildman–Crippen LogP) is 6.35. The second-order valence-electron chi connectivity index (χ2n) is 5.69. The zero-order valence-corrected chi connectivity index (χ0v) is 17.9. The van der Waals surface area contributed by atoms with Gasteiger partial charge in [0.25, 0.3) is 0 Å². The summed E-state index contributed by atoms with van der Waals surface area (Å²) >= 11 is 13.9. The van der Waals surface area contributed by atoms with E-state index in [1.54, 1.807) is 30.6 Å². The molecular formula is C20H20Cl3NO2S. The predicted molar refractivity (Wildman–Crippen MR) is 116 cm³/mol. The number of hydrogen-bond donors (Lipinski definition) is 1. The minimum Gasteiger partial charge on any atom is -0.493 e. The highest BCUT2D eigenvalue weighted by Crippen LogP contribution is 2.30. The summed E-state index contributed by atoms with van der Waals surface area (Å²) in [6.45, 7) is 1.97. The molecule has 0 aliphatic rings. The monoisotopic (exact) mass is 443 g/mol. The van der Waals surface area contributed by atoms with Gasteiger partial charge in [-0.3, -0.25) is 0 Å². The first-order valence-electron chi connectivity index (χ1n) is 8.12. The molecule has 0 aliphatic carbocycles. The number of methoxy groups -OCH3 is 1. The molecule has 0 unspecified atom stereocenters. The number of benzene rings is 2. The first-order valence-corrected chi connectivity index (χ1v) is 9.76. The van der Waals surface area contributed by atoms with Crippen LogP contribution in [0.2, 0.25) is 10.0 Å². The average Bonchev–Trinajstić information content (AvgIpc) is 3.15. The second kappa shape index (κ2) is 10.8. The van der Waals surface area contributed by atoms with Crippen LogP contribution in [0.15, 0.2) is 53.9 Å². The highest BCUT2D eigenvalue weighted by atomic mass is 35.5. The van der Waals surface area contributed by atoms with Crippen molar-refractivity contribution in [2.24, 2.45) is 0 Å². The maximum Gasteiger partial charge on any atom is 0.161 e. The van der Waals surface area contributed by atoms with Gasteiger partial charge in [0, 0.05) is 33.6 Å². The van der Waals surface area contributed by atoms with Crippen molar-refractivity contribution < 1.29 is 9.47 Å². The molecule has 1 heterocycles. The third-order valence-electron chi connectivity index (χ3n) is 3.83. The quantitative estimate of drug-likeness (QED) is 0.439. The number of halogens is 3. The molecule has 3 aromatic rings. The topological polar surface area (TPSA) is 30.5 Å². The van der Waals surface area contributed by atoms with Gasteiger partial charge in [-0.15, -0.1) is 23.7 Å². The highest BCUT2D eigenvalue weighted by Gasteiger charge is 2.08. The molecule has 0 atom stereocenters. The first-order chi connectivity index (χ1) is 12.7. The molecule has 0 aliphatic heterocycles. The van der Waals surface area contributed by atoms with Gasteiger partial charge >= 0.3 is 0 Å². The zero-order chi connectivity index (χ0) is 18.4. The minimum atomic E-state index is 0. The van der Waals surface area contributed by atoms with Crippen LogP contribution in [0.4, 0.5) is 0 Å². The molecule has 2 aromatic carbocycles. The molecule has 7 heteroatoms. The Morgan fingerprint density at radius 3 is 2.56 bits per heavy atom. The van der Waals surface area contributed by atoms with Gasteiger partial charge < -0.3 is 14.8 Å². The average molecular weight is 445 g/mol. The van der Waals surface area contributed by atoms with E-state index in [9.17, 15) is 0 Å². The minimum absolute atomic E-state index is 0. The van der Waals surface area contributed by atoms with E-state index in [0.29, 0.717) is 28.2 Å². The van der Waals surface area contributed by atoms with Crippen LogP contribution in [0.3, 0.4) is 0 Å². The summed E-state index contributed by atoms with van der Waals surface area (Å²) < 4.78 is 11.4. The number of ether oxygens (including phenoxy) is 2. The molecule has 0 amide bonds. The Hall–Kier alpha value is -1.43. The van der Waals surface area contributed by atoms with Crippen LogP contribution in [0, 0.1) is 0 Å². The molecule has 3 rings (SSSR count). The van der Waals surface area contributed by atoms with E-state index in [1.165, 1.54) is 4.88 Å².